The van der Waals surface area contributed by atoms with Crippen LogP contribution < -0.4 is 17.0 Å². The molecule has 0 unspecified atom stereocenters. The Kier molecular flexibility index (Phi) is 3.13. The smallest absolute Gasteiger partial charge is 0.330 e. The quantitative estimate of drug-likeness (QED) is 0.489. The molecule has 0 spiro atoms. The van der Waals surface area contributed by atoms with Crippen LogP contribution in [0, 0.1) is 6.92 Å². The minimum atomic E-state index is -1.63. The second-order valence-electron chi connectivity index (χ2n) is 5.05. The molecular formula is C11H17N3O5. The Bertz CT molecular complexity index is 609. The van der Waals surface area contributed by atoms with Gasteiger partial charge in [-0.25, -0.2) is 4.79 Å². The van der Waals surface area contributed by atoms with Gasteiger partial charge in [0.2, 0.25) is 0 Å². The highest BCUT2D eigenvalue weighted by Gasteiger charge is 2.52. The van der Waals surface area contributed by atoms with E-state index in [4.69, 9.17) is 10.5 Å². The molecule has 0 radical (unpaired) electrons. The van der Waals surface area contributed by atoms with E-state index in [1.54, 1.807) is 13.8 Å². The van der Waals surface area contributed by atoms with Crippen LogP contribution >= 0.6 is 0 Å². The standard InChI is InChI=1S/C11H17N3O5/c1-6-4-14(9(18)13-8(6)17)10(2)3-7(16)11(12,5-15)19-10/h4,7,15-16H,3,5,12H2,1-2H3,(H,13,17,18)/t7-,10+,11+/m0/s1. The van der Waals surface area contributed by atoms with Crippen molar-refractivity contribution in [3.05, 3.63) is 32.6 Å². The lowest BCUT2D eigenvalue weighted by molar-refractivity contribution is -0.169. The van der Waals surface area contributed by atoms with Gasteiger partial charge in [-0.1, -0.05) is 0 Å². The second-order valence-corrected chi connectivity index (χ2v) is 5.05. The summed E-state index contributed by atoms with van der Waals surface area (Å²) in [5, 5.41) is 19.1. The van der Waals surface area contributed by atoms with E-state index in [-0.39, 0.29) is 6.42 Å². The van der Waals surface area contributed by atoms with Gasteiger partial charge in [-0.3, -0.25) is 20.1 Å². The van der Waals surface area contributed by atoms with Crippen molar-refractivity contribution in [2.24, 2.45) is 5.73 Å². The van der Waals surface area contributed by atoms with Crippen LogP contribution in [0.4, 0.5) is 0 Å². The van der Waals surface area contributed by atoms with Crippen LogP contribution in [0.25, 0.3) is 0 Å². The fraction of sp³-hybridized carbons (Fsp3) is 0.636. The van der Waals surface area contributed by atoms with Crippen molar-refractivity contribution in [1.29, 1.82) is 0 Å². The molecule has 1 aliphatic heterocycles. The third-order valence-electron chi connectivity index (χ3n) is 3.42. The van der Waals surface area contributed by atoms with Crippen LogP contribution in [0.2, 0.25) is 0 Å². The van der Waals surface area contributed by atoms with E-state index in [1.165, 1.54) is 6.20 Å². The van der Waals surface area contributed by atoms with E-state index in [2.05, 4.69) is 4.98 Å². The van der Waals surface area contributed by atoms with Crippen LogP contribution in [0.5, 0.6) is 0 Å². The van der Waals surface area contributed by atoms with Gasteiger partial charge in [-0.15, -0.1) is 0 Å². The molecule has 2 heterocycles. The normalized spacial score (nSPS) is 34.7. The van der Waals surface area contributed by atoms with Gasteiger partial charge in [-0.2, -0.15) is 0 Å². The van der Waals surface area contributed by atoms with E-state index >= 15 is 0 Å². The molecule has 3 atom stereocenters. The first-order chi connectivity index (χ1) is 8.72. The van der Waals surface area contributed by atoms with Gasteiger partial charge >= 0.3 is 5.69 Å². The Hall–Kier alpha value is -1.48. The molecule has 8 nitrogen and oxygen atoms in total. The Labute approximate surface area is 108 Å². The summed E-state index contributed by atoms with van der Waals surface area (Å²) in [6, 6.07) is 0. The van der Waals surface area contributed by atoms with Gasteiger partial charge in [0.25, 0.3) is 5.56 Å². The second kappa shape index (κ2) is 4.27. The molecule has 106 valence electrons. The van der Waals surface area contributed by atoms with Gasteiger partial charge in [0.05, 0.1) is 6.61 Å². The van der Waals surface area contributed by atoms with Crippen LogP contribution in [0.3, 0.4) is 0 Å². The zero-order valence-corrected chi connectivity index (χ0v) is 10.7. The van der Waals surface area contributed by atoms with Gasteiger partial charge in [0, 0.05) is 18.2 Å². The van der Waals surface area contributed by atoms with E-state index in [0.717, 1.165) is 4.57 Å². The first-order valence-electron chi connectivity index (χ1n) is 5.83. The number of aliphatic hydroxyl groups excluding tert-OH is 2. The van der Waals surface area contributed by atoms with E-state index < -0.39 is 35.4 Å². The third kappa shape index (κ3) is 2.12. The monoisotopic (exact) mass is 271 g/mol. The molecule has 1 aromatic heterocycles. The molecule has 0 aromatic carbocycles. The van der Waals surface area contributed by atoms with E-state index in [9.17, 15) is 19.8 Å². The Morgan fingerprint density at radius 1 is 1.63 bits per heavy atom. The maximum absolute atomic E-state index is 11.8. The Balaban J connectivity index is 2.51. The molecule has 1 saturated heterocycles. The average molecular weight is 271 g/mol. The molecule has 5 N–H and O–H groups in total. The fourth-order valence-electron chi connectivity index (χ4n) is 2.25. The summed E-state index contributed by atoms with van der Waals surface area (Å²) in [7, 11) is 0. The number of aliphatic hydroxyl groups is 2. The number of H-pyrrole nitrogens is 1. The molecule has 0 amide bonds. The predicted octanol–water partition coefficient (Wildman–Crippen LogP) is -2.05. The molecule has 1 aliphatic rings. The molecule has 0 aliphatic carbocycles. The third-order valence-corrected chi connectivity index (χ3v) is 3.42. The van der Waals surface area contributed by atoms with Gasteiger partial charge in [0.1, 0.15) is 6.10 Å². The van der Waals surface area contributed by atoms with Crippen molar-refractivity contribution >= 4 is 0 Å². The minimum absolute atomic E-state index is 0.0233. The van der Waals surface area contributed by atoms with Gasteiger partial charge in [0.15, 0.2) is 11.4 Å². The van der Waals surface area contributed by atoms with Crippen molar-refractivity contribution in [1.82, 2.24) is 9.55 Å². The minimum Gasteiger partial charge on any atom is -0.392 e. The Morgan fingerprint density at radius 2 is 2.26 bits per heavy atom. The maximum atomic E-state index is 11.8. The lowest BCUT2D eigenvalue weighted by Crippen LogP contribution is -2.53. The number of aryl methyl sites for hydroxylation is 1. The number of rotatable bonds is 2. The molecule has 1 fully saturated rings. The molecule has 0 bridgehead atoms. The first kappa shape index (κ1) is 13.9. The molecule has 8 heteroatoms. The molecular weight excluding hydrogens is 254 g/mol. The van der Waals surface area contributed by atoms with Crippen molar-refractivity contribution in [3.63, 3.8) is 0 Å². The SMILES string of the molecule is Cc1cn([C@@]2(C)C[C@H](O)[C@@](N)(CO)O2)c(=O)[nH]c1=O. The average Bonchev–Trinajstić information content (AvgIpc) is 2.56. The molecule has 1 aromatic rings. The highest BCUT2D eigenvalue weighted by atomic mass is 16.6. The summed E-state index contributed by atoms with van der Waals surface area (Å²) < 4.78 is 6.64. The summed E-state index contributed by atoms with van der Waals surface area (Å²) in [4.78, 5) is 25.3. The summed E-state index contributed by atoms with van der Waals surface area (Å²) in [5.41, 5.74) is 2.05. The Morgan fingerprint density at radius 3 is 2.79 bits per heavy atom. The molecule has 19 heavy (non-hydrogen) atoms. The van der Waals surface area contributed by atoms with Crippen LogP contribution in [0.15, 0.2) is 15.8 Å². The van der Waals surface area contributed by atoms with Crippen molar-refractivity contribution in [2.45, 2.75) is 37.8 Å². The lowest BCUT2D eigenvalue weighted by Gasteiger charge is -2.30. The highest BCUT2D eigenvalue weighted by Crippen LogP contribution is 2.37. The van der Waals surface area contributed by atoms with Crippen molar-refractivity contribution < 1.29 is 14.9 Å². The van der Waals surface area contributed by atoms with E-state index in [1.807, 2.05) is 0 Å². The number of nitrogens with zero attached hydrogens (tertiary/aromatic N) is 1. The number of ether oxygens (including phenoxy) is 1. The summed E-state index contributed by atoms with van der Waals surface area (Å²) in [6.45, 7) is 2.52. The topological polar surface area (TPSA) is 131 Å². The summed E-state index contributed by atoms with van der Waals surface area (Å²) >= 11 is 0. The number of nitrogens with two attached hydrogens (primary N) is 1. The number of hydrogen-bond acceptors (Lipinski definition) is 6. The number of aromatic amines is 1. The predicted molar refractivity (Wildman–Crippen MR) is 65.4 cm³/mol. The van der Waals surface area contributed by atoms with Crippen LogP contribution in [-0.4, -0.2) is 38.2 Å². The van der Waals surface area contributed by atoms with E-state index in [0.29, 0.717) is 5.56 Å². The van der Waals surface area contributed by atoms with Crippen molar-refractivity contribution in [2.75, 3.05) is 6.61 Å². The highest BCUT2D eigenvalue weighted by molar-refractivity contribution is 5.05. The first-order valence-corrected chi connectivity index (χ1v) is 5.83. The van der Waals surface area contributed by atoms with Gasteiger partial charge < -0.3 is 14.9 Å². The number of aromatic nitrogens is 2. The molecule has 2 rings (SSSR count). The van der Waals surface area contributed by atoms with Gasteiger partial charge in [-0.05, 0) is 13.8 Å². The molecule has 0 saturated carbocycles. The van der Waals surface area contributed by atoms with Crippen LogP contribution in [-0.2, 0) is 10.5 Å². The summed E-state index contributed by atoms with van der Waals surface area (Å²) in [5.74, 6) is 0. The number of nitrogens with one attached hydrogen (secondary N) is 1. The largest absolute Gasteiger partial charge is 0.392 e. The summed E-state index contributed by atoms with van der Waals surface area (Å²) in [6.07, 6.45) is 0.244. The van der Waals surface area contributed by atoms with Crippen LogP contribution in [0.1, 0.15) is 18.9 Å². The zero-order chi connectivity index (χ0) is 14.4. The maximum Gasteiger partial charge on any atom is 0.330 e. The lowest BCUT2D eigenvalue weighted by atomic mass is 10.0. The zero-order valence-electron chi connectivity index (χ0n) is 10.7. The fourth-order valence-corrected chi connectivity index (χ4v) is 2.25. The van der Waals surface area contributed by atoms with Crippen molar-refractivity contribution in [3.8, 4) is 0 Å². The number of hydrogen-bond donors (Lipinski definition) is 4.